The normalized spacial score (nSPS) is 12.7. The van der Waals surface area contributed by atoms with Crippen LogP contribution in [0.3, 0.4) is 0 Å². The molecule has 1 aliphatic heterocycles. The SMILES string of the molecule is C/C(=N/NC(=O)c1nnn(-c2nonc2N)c1-c1ccc2c(c1)OCO2)c1ccc(Cl)cc1. The summed E-state index contributed by atoms with van der Waals surface area (Å²) in [6.45, 7) is 1.85. The van der Waals surface area contributed by atoms with Crippen molar-refractivity contribution in [3.05, 3.63) is 58.7 Å². The summed E-state index contributed by atoms with van der Waals surface area (Å²) >= 11 is 5.92. The maximum absolute atomic E-state index is 13.0. The van der Waals surface area contributed by atoms with Crippen molar-refractivity contribution in [2.45, 2.75) is 6.92 Å². The standard InChI is InChI=1S/C20H15ClN8O4/c1-10(11-2-5-13(21)6-3-11)23-25-20(30)16-17(12-4-7-14-15(8-12)32-9-31-14)29(28-24-16)19-18(22)26-33-27-19/h2-8H,9H2,1H3,(H2,22,26)(H,25,30)/b23-10-. The molecule has 2 aromatic carbocycles. The van der Waals surface area contributed by atoms with Gasteiger partial charge in [-0.15, -0.1) is 5.10 Å². The molecule has 3 heterocycles. The number of nitrogens with one attached hydrogen (secondary N) is 1. The number of halogens is 1. The van der Waals surface area contributed by atoms with E-state index >= 15 is 0 Å². The fourth-order valence-electron chi connectivity index (χ4n) is 3.17. The Morgan fingerprint density at radius 2 is 1.94 bits per heavy atom. The van der Waals surface area contributed by atoms with Gasteiger partial charge < -0.3 is 15.2 Å². The lowest BCUT2D eigenvalue weighted by atomic mass is 10.1. The molecule has 3 N–H and O–H groups in total. The van der Waals surface area contributed by atoms with Crippen LogP contribution in [0.5, 0.6) is 11.5 Å². The molecule has 0 atom stereocenters. The smallest absolute Gasteiger partial charge is 0.294 e. The summed E-state index contributed by atoms with van der Waals surface area (Å²) in [5.41, 5.74) is 10.5. The number of nitrogens with two attached hydrogens (primary N) is 1. The Morgan fingerprint density at radius 1 is 1.15 bits per heavy atom. The molecule has 33 heavy (non-hydrogen) atoms. The zero-order valence-electron chi connectivity index (χ0n) is 17.0. The van der Waals surface area contributed by atoms with Crippen molar-refractivity contribution < 1.29 is 18.9 Å². The number of benzene rings is 2. The van der Waals surface area contributed by atoms with Crippen LogP contribution in [0.15, 0.2) is 52.2 Å². The van der Waals surface area contributed by atoms with Gasteiger partial charge in [-0.1, -0.05) is 28.9 Å². The van der Waals surface area contributed by atoms with Gasteiger partial charge in [-0.2, -0.15) is 9.78 Å². The maximum atomic E-state index is 13.0. The number of fused-ring (bicyclic) bond motifs is 1. The number of rotatable bonds is 5. The zero-order chi connectivity index (χ0) is 22.9. The van der Waals surface area contributed by atoms with Gasteiger partial charge in [0.1, 0.15) is 5.69 Å². The highest BCUT2D eigenvalue weighted by Gasteiger charge is 2.26. The summed E-state index contributed by atoms with van der Waals surface area (Å²) in [6, 6.07) is 12.2. The first-order valence-corrected chi connectivity index (χ1v) is 9.94. The molecule has 4 aromatic rings. The number of hydrogen-bond donors (Lipinski definition) is 2. The van der Waals surface area contributed by atoms with Gasteiger partial charge >= 0.3 is 0 Å². The van der Waals surface area contributed by atoms with Crippen LogP contribution in [0.1, 0.15) is 23.0 Å². The number of hydrogen-bond acceptors (Lipinski definition) is 10. The van der Waals surface area contributed by atoms with Gasteiger partial charge in [-0.3, -0.25) is 4.79 Å². The van der Waals surface area contributed by atoms with Gasteiger partial charge in [0.25, 0.3) is 5.91 Å². The van der Waals surface area contributed by atoms with E-state index in [1.165, 1.54) is 4.68 Å². The summed E-state index contributed by atoms with van der Waals surface area (Å²) in [4.78, 5) is 13.0. The molecule has 12 nitrogen and oxygen atoms in total. The minimum absolute atomic E-state index is 0.0227. The molecule has 1 amide bonds. The van der Waals surface area contributed by atoms with E-state index in [1.807, 2.05) is 0 Å². The predicted molar refractivity (Wildman–Crippen MR) is 116 cm³/mol. The second kappa shape index (κ2) is 8.24. The van der Waals surface area contributed by atoms with E-state index in [0.29, 0.717) is 27.8 Å². The zero-order valence-corrected chi connectivity index (χ0v) is 17.8. The second-order valence-electron chi connectivity index (χ2n) is 6.88. The molecule has 0 unspecified atom stereocenters. The van der Waals surface area contributed by atoms with Gasteiger partial charge in [-0.25, -0.2) is 10.1 Å². The van der Waals surface area contributed by atoms with Crippen LogP contribution < -0.4 is 20.6 Å². The molecule has 166 valence electrons. The maximum Gasteiger partial charge on any atom is 0.294 e. The minimum atomic E-state index is -0.600. The third-order valence-electron chi connectivity index (χ3n) is 4.81. The van der Waals surface area contributed by atoms with E-state index < -0.39 is 5.91 Å². The van der Waals surface area contributed by atoms with Crippen LogP contribution in [0, 0.1) is 0 Å². The molecular formula is C20H15ClN8O4. The van der Waals surface area contributed by atoms with Crippen molar-refractivity contribution in [2.24, 2.45) is 5.10 Å². The van der Waals surface area contributed by atoms with Crippen LogP contribution in [0.4, 0.5) is 5.82 Å². The first-order chi connectivity index (χ1) is 16.0. The van der Waals surface area contributed by atoms with Crippen LogP contribution in [-0.4, -0.2) is 43.7 Å². The summed E-state index contributed by atoms with van der Waals surface area (Å²) in [7, 11) is 0. The molecule has 1 aliphatic rings. The highest BCUT2D eigenvalue weighted by atomic mass is 35.5. The largest absolute Gasteiger partial charge is 0.454 e. The summed E-state index contributed by atoms with van der Waals surface area (Å²) in [6.07, 6.45) is 0. The Bertz CT molecular complexity index is 1380. The Kier molecular flexibility index (Phi) is 5.11. The lowest BCUT2D eigenvalue weighted by Gasteiger charge is -2.07. The van der Waals surface area contributed by atoms with Crippen LogP contribution in [0.2, 0.25) is 5.02 Å². The Hall–Kier alpha value is -4.45. The molecule has 5 rings (SSSR count). The van der Waals surface area contributed by atoms with E-state index in [-0.39, 0.29) is 29.8 Å². The van der Waals surface area contributed by atoms with E-state index in [9.17, 15) is 4.79 Å². The van der Waals surface area contributed by atoms with Gasteiger partial charge in [0.05, 0.1) is 5.71 Å². The van der Waals surface area contributed by atoms with Crippen molar-refractivity contribution in [3.63, 3.8) is 0 Å². The van der Waals surface area contributed by atoms with Crippen molar-refractivity contribution in [1.82, 2.24) is 30.7 Å². The number of hydrazone groups is 1. The number of amides is 1. The Balaban J connectivity index is 1.53. The van der Waals surface area contributed by atoms with Gasteiger partial charge in [0, 0.05) is 10.6 Å². The fraction of sp³-hybridized carbons (Fsp3) is 0.100. The number of aromatic nitrogens is 5. The highest BCUT2D eigenvalue weighted by Crippen LogP contribution is 2.37. The molecule has 0 fully saturated rings. The monoisotopic (exact) mass is 466 g/mol. The molecule has 0 saturated carbocycles. The molecular weight excluding hydrogens is 452 g/mol. The van der Waals surface area contributed by atoms with Gasteiger partial charge in [0.2, 0.25) is 18.4 Å². The quantitative estimate of drug-likeness (QED) is 0.333. The molecule has 2 aromatic heterocycles. The number of nitrogen functional groups attached to an aromatic ring is 1. The lowest BCUT2D eigenvalue weighted by molar-refractivity contribution is 0.0950. The lowest BCUT2D eigenvalue weighted by Crippen LogP contribution is -2.21. The van der Waals surface area contributed by atoms with E-state index in [2.05, 4.69) is 35.8 Å². The molecule has 13 heteroatoms. The topological polar surface area (TPSA) is 156 Å². The summed E-state index contributed by atoms with van der Waals surface area (Å²) < 4.78 is 16.8. The third kappa shape index (κ3) is 3.83. The third-order valence-corrected chi connectivity index (χ3v) is 5.07. The van der Waals surface area contributed by atoms with Gasteiger partial charge in [-0.05, 0) is 53.1 Å². The van der Waals surface area contributed by atoms with Crippen molar-refractivity contribution >= 4 is 29.0 Å². The molecule has 0 saturated heterocycles. The summed E-state index contributed by atoms with van der Waals surface area (Å²) in [5.74, 6) is 0.543. The molecule has 0 aliphatic carbocycles. The number of ether oxygens (including phenoxy) is 2. The first kappa shape index (κ1) is 20.5. The van der Waals surface area contributed by atoms with E-state index in [4.69, 9.17) is 26.8 Å². The number of carbonyl (C=O) groups is 1. The van der Waals surface area contributed by atoms with Crippen LogP contribution >= 0.6 is 11.6 Å². The molecule has 0 bridgehead atoms. The van der Waals surface area contributed by atoms with Gasteiger partial charge in [0.15, 0.2) is 17.2 Å². The minimum Gasteiger partial charge on any atom is -0.454 e. The van der Waals surface area contributed by atoms with E-state index in [0.717, 1.165) is 5.56 Å². The second-order valence-corrected chi connectivity index (χ2v) is 7.32. The van der Waals surface area contributed by atoms with Crippen molar-refractivity contribution in [3.8, 4) is 28.6 Å². The summed E-state index contributed by atoms with van der Waals surface area (Å²) in [5, 5.41) is 20.1. The molecule has 0 radical (unpaired) electrons. The van der Waals surface area contributed by atoms with Crippen LogP contribution in [0.25, 0.3) is 17.1 Å². The molecule has 0 spiro atoms. The number of carbonyl (C=O) groups excluding carboxylic acids is 1. The van der Waals surface area contributed by atoms with E-state index in [1.54, 1.807) is 49.4 Å². The average molecular weight is 467 g/mol. The Morgan fingerprint density at radius 3 is 2.70 bits per heavy atom. The van der Waals surface area contributed by atoms with Crippen LogP contribution in [-0.2, 0) is 0 Å². The van der Waals surface area contributed by atoms with Crippen molar-refractivity contribution in [2.75, 3.05) is 12.5 Å². The average Bonchev–Trinajstić information content (AvgIpc) is 3.56. The number of anilines is 1. The van der Waals surface area contributed by atoms with Crippen molar-refractivity contribution in [1.29, 1.82) is 0 Å². The predicted octanol–water partition coefficient (Wildman–Crippen LogP) is 2.44. The Labute approximate surface area is 190 Å². The fourth-order valence-corrected chi connectivity index (χ4v) is 3.29. The number of nitrogens with zero attached hydrogens (tertiary/aromatic N) is 6. The first-order valence-electron chi connectivity index (χ1n) is 9.56. The highest BCUT2D eigenvalue weighted by molar-refractivity contribution is 6.30.